The fourth-order valence-corrected chi connectivity index (χ4v) is 2.67. The molecule has 0 aliphatic carbocycles. The molecule has 3 aromatic rings. The lowest BCUT2D eigenvalue weighted by Crippen LogP contribution is -2.37. The molecule has 1 atom stereocenters. The van der Waals surface area contributed by atoms with Crippen molar-refractivity contribution in [2.24, 2.45) is 7.05 Å². The summed E-state index contributed by atoms with van der Waals surface area (Å²) >= 11 is 0. The highest BCUT2D eigenvalue weighted by molar-refractivity contribution is 6.07. The Balaban J connectivity index is 1.96. The van der Waals surface area contributed by atoms with Crippen LogP contribution in [0.2, 0.25) is 0 Å². The molecule has 0 bridgehead atoms. The lowest BCUT2D eigenvalue weighted by molar-refractivity contribution is -0.384. The minimum absolute atomic E-state index is 0.103. The number of nitrogens with one attached hydrogen (secondary N) is 2. The van der Waals surface area contributed by atoms with Crippen LogP contribution in [0.5, 0.6) is 0 Å². The molecule has 0 radical (unpaired) electrons. The molecule has 26 heavy (non-hydrogen) atoms. The fourth-order valence-electron chi connectivity index (χ4n) is 2.67. The van der Waals surface area contributed by atoms with E-state index in [0.29, 0.717) is 5.52 Å². The first kappa shape index (κ1) is 17.5. The van der Waals surface area contributed by atoms with Gasteiger partial charge in [-0.2, -0.15) is 13.2 Å². The van der Waals surface area contributed by atoms with Crippen LogP contribution in [0.1, 0.15) is 22.0 Å². The molecule has 2 heterocycles. The number of hydrogen-bond acceptors (Lipinski definition) is 3. The smallest absolute Gasteiger partial charge is 0.360 e. The van der Waals surface area contributed by atoms with Crippen LogP contribution in [0, 0.1) is 10.1 Å². The van der Waals surface area contributed by atoms with E-state index >= 15 is 0 Å². The van der Waals surface area contributed by atoms with Crippen molar-refractivity contribution in [3.63, 3.8) is 0 Å². The van der Waals surface area contributed by atoms with Gasteiger partial charge in [0, 0.05) is 54.2 Å². The number of nitro groups is 1. The van der Waals surface area contributed by atoms with E-state index in [0.717, 1.165) is 6.07 Å². The summed E-state index contributed by atoms with van der Waals surface area (Å²) in [6.45, 7) is 0. The van der Waals surface area contributed by atoms with Crippen LogP contribution in [-0.2, 0) is 7.05 Å². The number of carbonyl (C=O) groups excluding carboxylic acids is 1. The van der Waals surface area contributed by atoms with Gasteiger partial charge in [0.1, 0.15) is 0 Å². The second kappa shape index (κ2) is 6.21. The third kappa shape index (κ3) is 3.25. The van der Waals surface area contributed by atoms with Crippen LogP contribution in [0.3, 0.4) is 0 Å². The van der Waals surface area contributed by atoms with Gasteiger partial charge in [0.15, 0.2) is 6.04 Å². The maximum atomic E-state index is 13.4. The zero-order valence-corrected chi connectivity index (χ0v) is 13.4. The molecular weight excluding hydrogens is 353 g/mol. The van der Waals surface area contributed by atoms with Gasteiger partial charge in [-0.05, 0) is 12.1 Å². The first-order chi connectivity index (χ1) is 12.2. The number of aromatic nitrogens is 2. The monoisotopic (exact) mass is 366 g/mol. The van der Waals surface area contributed by atoms with Crippen LogP contribution < -0.4 is 5.32 Å². The van der Waals surface area contributed by atoms with E-state index in [4.69, 9.17) is 0 Å². The lowest BCUT2D eigenvalue weighted by atomic mass is 10.1. The van der Waals surface area contributed by atoms with E-state index in [1.165, 1.54) is 41.4 Å². The average Bonchev–Trinajstić information content (AvgIpc) is 3.16. The Morgan fingerprint density at radius 3 is 2.65 bits per heavy atom. The zero-order valence-electron chi connectivity index (χ0n) is 13.4. The van der Waals surface area contributed by atoms with Gasteiger partial charge in [-0.25, -0.2) is 0 Å². The highest BCUT2D eigenvalue weighted by Crippen LogP contribution is 2.33. The Morgan fingerprint density at radius 1 is 1.35 bits per heavy atom. The van der Waals surface area contributed by atoms with E-state index in [1.54, 1.807) is 7.05 Å². The number of alkyl halides is 3. The number of amides is 1. The van der Waals surface area contributed by atoms with Crippen LogP contribution >= 0.6 is 0 Å². The number of rotatable bonds is 4. The summed E-state index contributed by atoms with van der Waals surface area (Å²) in [5.41, 5.74) is -0.0707. The number of halogens is 3. The number of non-ortho nitro benzene ring substituents is 1. The number of fused-ring (bicyclic) bond motifs is 1. The SMILES string of the molecule is Cn1ccc(C(NC(=O)c2c[nH]c3ccc([N+](=O)[O-])cc23)C(F)(F)F)c1. The van der Waals surface area contributed by atoms with Crippen molar-refractivity contribution in [2.45, 2.75) is 12.2 Å². The second-order valence-corrected chi connectivity index (χ2v) is 5.75. The van der Waals surface area contributed by atoms with Crippen molar-refractivity contribution >= 4 is 22.5 Å². The van der Waals surface area contributed by atoms with Gasteiger partial charge < -0.3 is 14.9 Å². The van der Waals surface area contributed by atoms with E-state index in [9.17, 15) is 28.1 Å². The predicted octanol–water partition coefficient (Wildman–Crippen LogP) is 3.45. The molecule has 3 rings (SSSR count). The van der Waals surface area contributed by atoms with Crippen molar-refractivity contribution in [1.82, 2.24) is 14.9 Å². The molecule has 0 aliphatic rings. The highest BCUT2D eigenvalue weighted by atomic mass is 19.4. The number of aromatic amines is 1. The third-order valence-corrected chi connectivity index (χ3v) is 3.91. The van der Waals surface area contributed by atoms with Crippen molar-refractivity contribution in [2.75, 3.05) is 0 Å². The molecular formula is C16H13F3N4O3. The molecule has 136 valence electrons. The summed E-state index contributed by atoms with van der Waals surface area (Å²) in [5.74, 6) is -0.983. The number of nitrogens with zero attached hydrogens (tertiary/aromatic N) is 2. The number of aryl methyl sites for hydroxylation is 1. The van der Waals surface area contributed by atoms with Gasteiger partial charge in [-0.1, -0.05) is 0 Å². The minimum Gasteiger partial charge on any atom is -0.360 e. The topological polar surface area (TPSA) is 93.0 Å². The molecule has 0 aliphatic heterocycles. The third-order valence-electron chi connectivity index (χ3n) is 3.91. The minimum atomic E-state index is -4.70. The Labute approximate surface area is 144 Å². The largest absolute Gasteiger partial charge is 0.412 e. The number of benzene rings is 1. The summed E-state index contributed by atoms with van der Waals surface area (Å²) in [5, 5.41) is 13.0. The van der Waals surface area contributed by atoms with Crippen LogP contribution in [0.25, 0.3) is 10.9 Å². The molecule has 7 nitrogen and oxygen atoms in total. The average molecular weight is 366 g/mol. The van der Waals surface area contributed by atoms with Crippen molar-refractivity contribution < 1.29 is 22.9 Å². The number of nitro benzene ring substituents is 1. The van der Waals surface area contributed by atoms with Gasteiger partial charge in [0.05, 0.1) is 10.5 Å². The highest BCUT2D eigenvalue weighted by Gasteiger charge is 2.42. The molecule has 2 aromatic heterocycles. The van der Waals surface area contributed by atoms with Crippen molar-refractivity contribution in [1.29, 1.82) is 0 Å². The van der Waals surface area contributed by atoms with Crippen LogP contribution in [-0.4, -0.2) is 26.6 Å². The molecule has 1 aromatic carbocycles. The summed E-state index contributed by atoms with van der Waals surface area (Å²) < 4.78 is 41.6. The fraction of sp³-hybridized carbons (Fsp3) is 0.188. The number of H-pyrrole nitrogens is 1. The van der Waals surface area contributed by atoms with E-state index in [-0.39, 0.29) is 22.2 Å². The molecule has 0 spiro atoms. The summed E-state index contributed by atoms with van der Waals surface area (Å²) in [6, 6.07) is 2.84. The molecule has 10 heteroatoms. The predicted molar refractivity (Wildman–Crippen MR) is 86.6 cm³/mol. The first-order valence-corrected chi connectivity index (χ1v) is 7.42. The number of carbonyl (C=O) groups is 1. The quantitative estimate of drug-likeness (QED) is 0.547. The van der Waals surface area contributed by atoms with E-state index in [1.807, 2.05) is 5.32 Å². The van der Waals surface area contributed by atoms with Crippen molar-refractivity contribution in [3.05, 3.63) is 64.1 Å². The van der Waals surface area contributed by atoms with Gasteiger partial charge in [-0.3, -0.25) is 14.9 Å². The standard InChI is InChI=1S/C16H13F3N4O3/c1-22-5-4-9(8-22)14(16(17,18)19)21-15(24)12-7-20-13-3-2-10(23(25)26)6-11(12)13/h2-8,14,20H,1H3,(H,21,24). The lowest BCUT2D eigenvalue weighted by Gasteiger charge is -2.20. The molecule has 0 fully saturated rings. The summed E-state index contributed by atoms with van der Waals surface area (Å²) in [6.07, 6.45) is -0.773. The molecule has 1 unspecified atom stereocenters. The zero-order chi connectivity index (χ0) is 19.1. The van der Waals surface area contributed by atoms with Crippen molar-refractivity contribution in [3.8, 4) is 0 Å². The summed E-state index contributed by atoms with van der Waals surface area (Å²) in [4.78, 5) is 25.4. The maximum Gasteiger partial charge on any atom is 0.412 e. The maximum absolute atomic E-state index is 13.4. The van der Waals surface area contributed by atoms with Gasteiger partial charge in [0.2, 0.25) is 0 Å². The van der Waals surface area contributed by atoms with E-state index in [2.05, 4.69) is 4.98 Å². The molecule has 0 saturated carbocycles. The first-order valence-electron chi connectivity index (χ1n) is 7.42. The van der Waals surface area contributed by atoms with Gasteiger partial charge in [0.25, 0.3) is 11.6 Å². The Hall–Kier alpha value is -3.30. The Morgan fingerprint density at radius 2 is 2.08 bits per heavy atom. The van der Waals surface area contributed by atoms with E-state index < -0.39 is 23.0 Å². The Kier molecular flexibility index (Phi) is 4.18. The van der Waals surface area contributed by atoms with Crippen LogP contribution in [0.4, 0.5) is 18.9 Å². The number of hydrogen-bond donors (Lipinski definition) is 2. The molecule has 2 N–H and O–H groups in total. The van der Waals surface area contributed by atoms with Crippen LogP contribution in [0.15, 0.2) is 42.9 Å². The van der Waals surface area contributed by atoms with Gasteiger partial charge >= 0.3 is 6.18 Å². The molecule has 1 amide bonds. The van der Waals surface area contributed by atoms with Gasteiger partial charge in [-0.15, -0.1) is 0 Å². The normalized spacial score (nSPS) is 12.9. The summed E-state index contributed by atoms with van der Waals surface area (Å²) in [7, 11) is 1.57. The molecule has 0 saturated heterocycles. The Bertz CT molecular complexity index is 990. The second-order valence-electron chi connectivity index (χ2n) is 5.75.